The molecular weight excluding hydrogens is 160 g/mol. The number of hydrogen-bond acceptors (Lipinski definition) is 1. The Morgan fingerprint density at radius 1 is 1.50 bits per heavy atom. The van der Waals surface area contributed by atoms with Crippen LogP contribution in [0.15, 0.2) is 0 Å². The molecule has 1 aliphatic heterocycles. The van der Waals surface area contributed by atoms with E-state index in [2.05, 4.69) is 5.32 Å². The standard InChI is InChI=1S/C6H11F2N.ClH/c1-6(7,8)2-5-3-9-4-5;/h5,9H,2-4H2,1H3;1H. The van der Waals surface area contributed by atoms with Gasteiger partial charge in [0, 0.05) is 6.42 Å². The molecule has 0 aromatic heterocycles. The first-order valence-electron chi connectivity index (χ1n) is 3.16. The van der Waals surface area contributed by atoms with Gasteiger partial charge in [-0.25, -0.2) is 8.78 Å². The zero-order valence-corrected chi connectivity index (χ0v) is 6.68. The van der Waals surface area contributed by atoms with Crippen LogP contribution in [0.3, 0.4) is 0 Å². The van der Waals surface area contributed by atoms with Crippen molar-refractivity contribution >= 4 is 12.4 Å². The minimum Gasteiger partial charge on any atom is -0.316 e. The minimum absolute atomic E-state index is 0. The van der Waals surface area contributed by atoms with E-state index in [-0.39, 0.29) is 24.7 Å². The summed E-state index contributed by atoms with van der Waals surface area (Å²) in [6, 6.07) is 0. The Labute approximate surface area is 65.6 Å². The van der Waals surface area contributed by atoms with Crippen LogP contribution in [0.1, 0.15) is 13.3 Å². The Balaban J connectivity index is 0.000000810. The molecule has 0 bridgehead atoms. The molecule has 0 atom stereocenters. The molecule has 0 amide bonds. The summed E-state index contributed by atoms with van der Waals surface area (Å²) in [5, 5.41) is 2.95. The lowest BCUT2D eigenvalue weighted by Crippen LogP contribution is -2.44. The van der Waals surface area contributed by atoms with Crippen molar-refractivity contribution in [1.82, 2.24) is 5.32 Å². The minimum atomic E-state index is -2.47. The highest BCUT2D eigenvalue weighted by atomic mass is 35.5. The molecule has 0 aromatic carbocycles. The van der Waals surface area contributed by atoms with Crippen LogP contribution in [0.25, 0.3) is 0 Å². The Kier molecular flexibility index (Phi) is 3.52. The zero-order valence-electron chi connectivity index (χ0n) is 5.86. The zero-order chi connectivity index (χ0) is 6.91. The van der Waals surface area contributed by atoms with Crippen molar-refractivity contribution < 1.29 is 8.78 Å². The largest absolute Gasteiger partial charge is 0.316 e. The van der Waals surface area contributed by atoms with E-state index in [1.807, 2.05) is 0 Å². The van der Waals surface area contributed by atoms with E-state index in [1.165, 1.54) is 0 Å². The van der Waals surface area contributed by atoms with Crippen molar-refractivity contribution in [3.8, 4) is 0 Å². The lowest BCUT2D eigenvalue weighted by atomic mass is 9.96. The van der Waals surface area contributed by atoms with Gasteiger partial charge in [-0.2, -0.15) is 0 Å². The molecule has 1 rings (SSSR count). The van der Waals surface area contributed by atoms with E-state index < -0.39 is 5.92 Å². The van der Waals surface area contributed by atoms with Gasteiger partial charge < -0.3 is 5.32 Å². The third-order valence-electron chi connectivity index (χ3n) is 1.51. The van der Waals surface area contributed by atoms with E-state index in [0.717, 1.165) is 20.0 Å². The molecule has 4 heteroatoms. The molecule has 1 heterocycles. The predicted octanol–water partition coefficient (Wildman–Crippen LogP) is 1.67. The SMILES string of the molecule is CC(F)(F)CC1CNC1.Cl. The van der Waals surface area contributed by atoms with Crippen molar-refractivity contribution in [2.45, 2.75) is 19.3 Å². The fraction of sp³-hybridized carbons (Fsp3) is 1.00. The summed E-state index contributed by atoms with van der Waals surface area (Å²) in [4.78, 5) is 0. The van der Waals surface area contributed by atoms with Crippen LogP contribution in [0, 0.1) is 5.92 Å². The average Bonchev–Trinajstić information content (AvgIpc) is 1.53. The lowest BCUT2D eigenvalue weighted by Gasteiger charge is -2.29. The predicted molar refractivity (Wildman–Crippen MR) is 38.8 cm³/mol. The maximum atomic E-state index is 12.2. The third-order valence-corrected chi connectivity index (χ3v) is 1.51. The molecule has 1 N–H and O–H groups in total. The molecule has 0 unspecified atom stereocenters. The second kappa shape index (κ2) is 3.49. The monoisotopic (exact) mass is 171 g/mol. The van der Waals surface area contributed by atoms with Gasteiger partial charge in [0.15, 0.2) is 0 Å². The van der Waals surface area contributed by atoms with Crippen LogP contribution < -0.4 is 5.32 Å². The van der Waals surface area contributed by atoms with Crippen molar-refractivity contribution in [3.05, 3.63) is 0 Å². The Bertz CT molecular complexity index is 98.4. The molecule has 0 spiro atoms. The van der Waals surface area contributed by atoms with Gasteiger partial charge in [0.2, 0.25) is 5.92 Å². The summed E-state index contributed by atoms with van der Waals surface area (Å²) in [5.41, 5.74) is 0. The summed E-state index contributed by atoms with van der Waals surface area (Å²) >= 11 is 0. The van der Waals surface area contributed by atoms with Gasteiger partial charge in [0.05, 0.1) is 0 Å². The first-order chi connectivity index (χ1) is 4.08. The van der Waals surface area contributed by atoms with Crippen LogP contribution in [-0.2, 0) is 0 Å². The molecule has 0 saturated carbocycles. The first kappa shape index (κ1) is 10.1. The fourth-order valence-corrected chi connectivity index (χ4v) is 1.000. The van der Waals surface area contributed by atoms with E-state index in [0.29, 0.717) is 0 Å². The van der Waals surface area contributed by atoms with Gasteiger partial charge >= 0.3 is 0 Å². The maximum Gasteiger partial charge on any atom is 0.245 e. The number of halogens is 3. The second-order valence-electron chi connectivity index (χ2n) is 2.80. The highest BCUT2D eigenvalue weighted by molar-refractivity contribution is 5.85. The third kappa shape index (κ3) is 3.32. The molecule has 1 nitrogen and oxygen atoms in total. The van der Waals surface area contributed by atoms with Crippen molar-refractivity contribution in [2.75, 3.05) is 13.1 Å². The van der Waals surface area contributed by atoms with Crippen molar-refractivity contribution in [2.24, 2.45) is 5.92 Å². The number of alkyl halides is 2. The van der Waals surface area contributed by atoms with Crippen LogP contribution in [-0.4, -0.2) is 19.0 Å². The Morgan fingerprint density at radius 2 is 2.00 bits per heavy atom. The Morgan fingerprint density at radius 3 is 2.10 bits per heavy atom. The van der Waals surface area contributed by atoms with Gasteiger partial charge in [-0.1, -0.05) is 0 Å². The number of hydrogen-bond donors (Lipinski definition) is 1. The Hall–Kier alpha value is 0.110. The molecule has 0 aromatic rings. The second-order valence-corrected chi connectivity index (χ2v) is 2.80. The van der Waals surface area contributed by atoms with Gasteiger partial charge in [-0.05, 0) is 25.9 Å². The van der Waals surface area contributed by atoms with E-state index in [9.17, 15) is 8.78 Å². The summed E-state index contributed by atoms with van der Waals surface area (Å²) < 4.78 is 24.3. The van der Waals surface area contributed by atoms with Crippen LogP contribution >= 0.6 is 12.4 Å². The first-order valence-corrected chi connectivity index (χ1v) is 3.16. The summed E-state index contributed by atoms with van der Waals surface area (Å²) in [6.07, 6.45) is 0.0417. The van der Waals surface area contributed by atoms with E-state index >= 15 is 0 Å². The van der Waals surface area contributed by atoms with Gasteiger partial charge in [-0.15, -0.1) is 12.4 Å². The summed E-state index contributed by atoms with van der Waals surface area (Å²) in [6.45, 7) is 2.51. The summed E-state index contributed by atoms with van der Waals surface area (Å²) in [7, 11) is 0. The lowest BCUT2D eigenvalue weighted by molar-refractivity contribution is -0.0108. The molecule has 62 valence electrons. The molecule has 1 saturated heterocycles. The van der Waals surface area contributed by atoms with Crippen molar-refractivity contribution in [1.29, 1.82) is 0 Å². The van der Waals surface area contributed by atoms with Crippen LogP contribution in [0.5, 0.6) is 0 Å². The van der Waals surface area contributed by atoms with Gasteiger partial charge in [0.25, 0.3) is 0 Å². The van der Waals surface area contributed by atoms with Crippen LogP contribution in [0.2, 0.25) is 0 Å². The smallest absolute Gasteiger partial charge is 0.245 e. The number of rotatable bonds is 2. The number of nitrogens with one attached hydrogen (secondary N) is 1. The highest BCUT2D eigenvalue weighted by Crippen LogP contribution is 2.24. The van der Waals surface area contributed by atoms with Gasteiger partial charge in [-0.3, -0.25) is 0 Å². The quantitative estimate of drug-likeness (QED) is 0.667. The molecule has 1 fully saturated rings. The topological polar surface area (TPSA) is 12.0 Å². The van der Waals surface area contributed by atoms with Gasteiger partial charge in [0.1, 0.15) is 0 Å². The van der Waals surface area contributed by atoms with E-state index in [1.54, 1.807) is 0 Å². The molecule has 0 radical (unpaired) electrons. The van der Waals surface area contributed by atoms with E-state index in [4.69, 9.17) is 0 Å². The van der Waals surface area contributed by atoms with Crippen molar-refractivity contribution in [3.63, 3.8) is 0 Å². The molecule has 1 aliphatic rings. The molecule has 0 aliphatic carbocycles. The van der Waals surface area contributed by atoms with Crippen LogP contribution in [0.4, 0.5) is 8.78 Å². The molecular formula is C6H12ClF2N. The molecule has 10 heavy (non-hydrogen) atoms. The average molecular weight is 172 g/mol. The normalized spacial score (nSPS) is 19.5. The fourth-order valence-electron chi connectivity index (χ4n) is 1.000. The highest BCUT2D eigenvalue weighted by Gasteiger charge is 2.29. The summed E-state index contributed by atoms with van der Waals surface area (Å²) in [5.74, 6) is -2.25. The maximum absolute atomic E-state index is 12.2.